The third-order valence-corrected chi connectivity index (χ3v) is 17.3. The Morgan fingerprint density at radius 3 is 0.901 bits per heavy atom. The first-order valence-corrected chi connectivity index (χ1v) is 25.9. The van der Waals surface area contributed by atoms with Crippen molar-refractivity contribution in [2.45, 2.75) is 0 Å². The summed E-state index contributed by atoms with van der Waals surface area (Å²) >= 11 is 3.75. The first kappa shape index (κ1) is 39.1. The van der Waals surface area contributed by atoms with E-state index in [1.54, 1.807) is 0 Å². The summed E-state index contributed by atoms with van der Waals surface area (Å²) in [6.07, 6.45) is 0. The quantitative estimate of drug-likeness (QED) is 0.163. The van der Waals surface area contributed by atoms with Crippen LogP contribution in [0.1, 0.15) is 0 Å². The lowest BCUT2D eigenvalue weighted by atomic mass is 9.99. The van der Waals surface area contributed by atoms with Gasteiger partial charge >= 0.3 is 0 Å². The normalized spacial score (nSPS) is 12.2. The zero-order valence-corrected chi connectivity index (χ0v) is 39.8. The van der Waals surface area contributed by atoms with Crippen molar-refractivity contribution in [3.05, 3.63) is 237 Å². The lowest BCUT2D eigenvalue weighted by molar-refractivity contribution is 1.16. The fourth-order valence-corrected chi connectivity index (χ4v) is 13.9. The Morgan fingerprint density at radius 2 is 0.493 bits per heavy atom. The average Bonchev–Trinajstić information content (AvgIpc) is 4.24. The molecular formula is C66H39N3S2. The van der Waals surface area contributed by atoms with E-state index in [4.69, 9.17) is 0 Å². The van der Waals surface area contributed by atoms with Gasteiger partial charge in [-0.3, -0.25) is 0 Å². The number of fused-ring (bicyclic) bond motifs is 15. The zero-order chi connectivity index (χ0) is 46.3. The molecule has 5 heterocycles. The Morgan fingerprint density at radius 1 is 0.197 bits per heavy atom. The van der Waals surface area contributed by atoms with Crippen molar-refractivity contribution in [1.82, 2.24) is 13.7 Å². The van der Waals surface area contributed by atoms with Gasteiger partial charge in [-0.1, -0.05) is 121 Å². The SMILES string of the molecule is c1ccc(-c2ccc3sc4ccc(-c5ccc6sc7ccc(-n8c9ccc(-n%10c%11ccccc%11c%11ccccc%11%10)cc9c9cc(-n%10c%11ccccc%11c%11ccccc%11%10)ccc98)cc7c6c5)cc4c3c2)cc1. The molecule has 0 amide bonds. The predicted octanol–water partition coefficient (Wildman–Crippen LogP) is 19.0. The van der Waals surface area contributed by atoms with E-state index in [9.17, 15) is 0 Å². The predicted molar refractivity (Wildman–Crippen MR) is 306 cm³/mol. The molecule has 0 saturated carbocycles. The molecular weight excluding hydrogens is 899 g/mol. The molecule has 0 bridgehead atoms. The van der Waals surface area contributed by atoms with E-state index in [0.717, 1.165) is 17.1 Å². The van der Waals surface area contributed by atoms with Gasteiger partial charge in [0, 0.05) is 89.7 Å². The number of rotatable bonds is 5. The smallest absolute Gasteiger partial charge is 0.0542 e. The maximum absolute atomic E-state index is 2.49. The Balaban J connectivity index is 0.893. The standard InChI is InChI=1S/C66H39N3S2/c1-2-12-40(13-3-1)41-22-30-63-53(34-41)54-35-42(23-31-64(54)70-63)43-24-32-65-55(36-43)56-39-46(27-33-66(56)71-65)69-61-28-25-44(67-57-18-8-4-14-47(57)48-15-5-9-19-58(48)67)37-51(61)52-38-45(26-29-62(52)69)68-59-20-10-6-16-49(59)50-17-7-11-21-60(50)68/h1-39H. The van der Waals surface area contributed by atoms with Gasteiger partial charge in [0.2, 0.25) is 0 Å². The number of thiophene rings is 2. The monoisotopic (exact) mass is 937 g/mol. The Labute approximate surface area is 415 Å². The molecule has 0 spiro atoms. The summed E-state index contributed by atoms with van der Waals surface area (Å²) in [5.41, 5.74) is 15.6. The number of benzene rings is 11. The minimum absolute atomic E-state index is 1.15. The highest BCUT2D eigenvalue weighted by molar-refractivity contribution is 7.26. The van der Waals surface area contributed by atoms with Crippen LogP contribution in [-0.4, -0.2) is 13.7 Å². The third kappa shape index (κ3) is 5.76. The van der Waals surface area contributed by atoms with Crippen LogP contribution in [0, 0.1) is 0 Å². The van der Waals surface area contributed by atoms with Gasteiger partial charge in [0.05, 0.1) is 33.1 Å². The van der Waals surface area contributed by atoms with Gasteiger partial charge < -0.3 is 13.7 Å². The lowest BCUT2D eigenvalue weighted by Crippen LogP contribution is -1.96. The van der Waals surface area contributed by atoms with Gasteiger partial charge in [0.25, 0.3) is 0 Å². The van der Waals surface area contributed by atoms with E-state index >= 15 is 0 Å². The summed E-state index contributed by atoms with van der Waals surface area (Å²) in [4.78, 5) is 0. The molecule has 5 aromatic heterocycles. The lowest BCUT2D eigenvalue weighted by Gasteiger charge is -2.11. The molecule has 5 heteroatoms. The molecule has 0 radical (unpaired) electrons. The van der Waals surface area contributed by atoms with Gasteiger partial charge in [0.15, 0.2) is 0 Å². The van der Waals surface area contributed by atoms with Crippen LogP contribution in [0.5, 0.6) is 0 Å². The second-order valence-corrected chi connectivity index (χ2v) is 21.0. The van der Waals surface area contributed by atoms with Crippen LogP contribution in [0.4, 0.5) is 0 Å². The van der Waals surface area contributed by atoms with Gasteiger partial charge in [-0.2, -0.15) is 0 Å². The van der Waals surface area contributed by atoms with E-state index < -0.39 is 0 Å². The summed E-state index contributed by atoms with van der Waals surface area (Å²) in [6, 6.07) is 88.1. The molecule has 16 rings (SSSR count). The van der Waals surface area contributed by atoms with E-state index in [2.05, 4.69) is 250 Å². The van der Waals surface area contributed by atoms with Crippen LogP contribution >= 0.6 is 22.7 Å². The minimum Gasteiger partial charge on any atom is -0.309 e. The van der Waals surface area contributed by atoms with Crippen LogP contribution in [0.2, 0.25) is 0 Å². The highest BCUT2D eigenvalue weighted by Gasteiger charge is 2.20. The summed E-state index contributed by atoms with van der Waals surface area (Å²) in [5, 5.41) is 12.7. The number of nitrogens with zero attached hydrogens (tertiary/aromatic N) is 3. The molecule has 0 unspecified atom stereocenters. The molecule has 0 fully saturated rings. The largest absolute Gasteiger partial charge is 0.309 e. The highest BCUT2D eigenvalue weighted by atomic mass is 32.1. The highest BCUT2D eigenvalue weighted by Crippen LogP contribution is 2.44. The molecule has 0 aliphatic rings. The summed E-state index contributed by atoms with van der Waals surface area (Å²) < 4.78 is 12.6. The number of para-hydroxylation sites is 4. The van der Waals surface area contributed by atoms with Crippen LogP contribution in [0.15, 0.2) is 237 Å². The van der Waals surface area contributed by atoms with Crippen molar-refractivity contribution in [3.63, 3.8) is 0 Å². The molecule has 0 aliphatic carbocycles. The Bertz CT molecular complexity index is 4610. The van der Waals surface area contributed by atoms with E-state index in [-0.39, 0.29) is 0 Å². The van der Waals surface area contributed by atoms with Crippen molar-refractivity contribution in [3.8, 4) is 39.3 Å². The fourth-order valence-electron chi connectivity index (χ4n) is 11.8. The van der Waals surface area contributed by atoms with Gasteiger partial charge in [0.1, 0.15) is 0 Å². The maximum Gasteiger partial charge on any atom is 0.0542 e. The average molecular weight is 938 g/mol. The summed E-state index contributed by atoms with van der Waals surface area (Å²) in [6.45, 7) is 0. The van der Waals surface area contributed by atoms with Crippen LogP contribution < -0.4 is 0 Å². The second-order valence-electron chi connectivity index (χ2n) is 18.9. The van der Waals surface area contributed by atoms with Crippen molar-refractivity contribution in [2.75, 3.05) is 0 Å². The Kier molecular flexibility index (Phi) is 8.20. The molecule has 11 aromatic carbocycles. The molecule has 330 valence electrons. The minimum atomic E-state index is 1.15. The fraction of sp³-hybridized carbons (Fsp3) is 0. The Hall–Kier alpha value is -8.74. The van der Waals surface area contributed by atoms with Crippen LogP contribution in [-0.2, 0) is 0 Å². The van der Waals surface area contributed by atoms with E-state index in [0.29, 0.717) is 0 Å². The topological polar surface area (TPSA) is 14.8 Å². The van der Waals surface area contributed by atoms with Crippen LogP contribution in [0.25, 0.3) is 145 Å². The number of aromatic nitrogens is 3. The first-order valence-electron chi connectivity index (χ1n) is 24.2. The van der Waals surface area contributed by atoms with Gasteiger partial charge in [-0.25, -0.2) is 0 Å². The molecule has 71 heavy (non-hydrogen) atoms. The first-order chi connectivity index (χ1) is 35.2. The summed E-state index contributed by atoms with van der Waals surface area (Å²) in [5.74, 6) is 0. The van der Waals surface area contributed by atoms with Crippen LogP contribution in [0.3, 0.4) is 0 Å². The molecule has 16 aromatic rings. The van der Waals surface area contributed by atoms with Gasteiger partial charge in [-0.05, 0) is 138 Å². The molecule has 3 nitrogen and oxygen atoms in total. The zero-order valence-electron chi connectivity index (χ0n) is 38.2. The second kappa shape index (κ2) is 14.9. The van der Waals surface area contributed by atoms with Crippen molar-refractivity contribution in [2.24, 2.45) is 0 Å². The van der Waals surface area contributed by atoms with Crippen molar-refractivity contribution in [1.29, 1.82) is 0 Å². The van der Waals surface area contributed by atoms with Gasteiger partial charge in [-0.15, -0.1) is 22.7 Å². The molecule has 0 N–H and O–H groups in total. The van der Waals surface area contributed by atoms with E-state index in [1.165, 1.54) is 128 Å². The molecule has 0 aliphatic heterocycles. The third-order valence-electron chi connectivity index (χ3n) is 15.0. The van der Waals surface area contributed by atoms with Crippen molar-refractivity contribution < 1.29 is 0 Å². The molecule has 0 atom stereocenters. The van der Waals surface area contributed by atoms with Crippen molar-refractivity contribution >= 4 is 128 Å². The number of hydrogen-bond acceptors (Lipinski definition) is 2. The number of hydrogen-bond donors (Lipinski definition) is 0. The maximum atomic E-state index is 2.49. The summed E-state index contributed by atoms with van der Waals surface area (Å²) in [7, 11) is 0. The van der Waals surface area contributed by atoms with E-state index in [1.807, 2.05) is 22.7 Å². The molecule has 0 saturated heterocycles.